The number of hydrogen-bond donors (Lipinski definition) is 2. The molecule has 146 valence electrons. The van der Waals surface area contributed by atoms with Crippen molar-refractivity contribution in [1.82, 2.24) is 15.6 Å². The van der Waals surface area contributed by atoms with Gasteiger partial charge in [0.2, 0.25) is 11.8 Å². The lowest BCUT2D eigenvalue weighted by atomic mass is 10.2. The third kappa shape index (κ3) is 13.1. The summed E-state index contributed by atoms with van der Waals surface area (Å²) in [7, 11) is 3.26. The van der Waals surface area contributed by atoms with Crippen LogP contribution in [0.3, 0.4) is 0 Å². The van der Waals surface area contributed by atoms with Crippen LogP contribution in [-0.2, 0) is 9.59 Å². The smallest absolute Gasteiger partial charge is 0.220 e. The highest BCUT2D eigenvalue weighted by atomic mass is 33.1. The molecule has 2 amide bonds. The van der Waals surface area contributed by atoms with Crippen molar-refractivity contribution in [2.24, 2.45) is 0 Å². The Bertz CT molecular complexity index is 501. The molecule has 0 spiro atoms. The number of unbranched alkanes of at least 4 members (excludes halogenated alkanes) is 4. The number of rotatable bonds is 15. The van der Waals surface area contributed by atoms with E-state index in [0.717, 1.165) is 62.4 Å². The van der Waals surface area contributed by atoms with Gasteiger partial charge in [0.05, 0.1) is 0 Å². The van der Waals surface area contributed by atoms with Gasteiger partial charge in [-0.05, 0) is 42.2 Å². The van der Waals surface area contributed by atoms with Gasteiger partial charge >= 0.3 is 0 Å². The SMILES string of the molecule is CCCCC(=O)NCCCCCCNC(=O)CCSSc1ccccn1. The van der Waals surface area contributed by atoms with Gasteiger partial charge in [0.25, 0.3) is 0 Å². The van der Waals surface area contributed by atoms with Crippen molar-refractivity contribution in [1.29, 1.82) is 0 Å². The molecule has 0 aromatic carbocycles. The van der Waals surface area contributed by atoms with Crippen molar-refractivity contribution in [3.63, 3.8) is 0 Å². The topological polar surface area (TPSA) is 71.1 Å². The van der Waals surface area contributed by atoms with Crippen LogP contribution in [0, 0.1) is 0 Å². The molecule has 1 heterocycles. The molecule has 0 saturated carbocycles. The van der Waals surface area contributed by atoms with E-state index in [1.54, 1.807) is 27.8 Å². The van der Waals surface area contributed by atoms with Gasteiger partial charge in [-0.3, -0.25) is 9.59 Å². The van der Waals surface area contributed by atoms with E-state index in [1.807, 2.05) is 18.2 Å². The predicted molar refractivity (Wildman–Crippen MR) is 111 cm³/mol. The highest BCUT2D eigenvalue weighted by Gasteiger charge is 2.02. The van der Waals surface area contributed by atoms with Crippen LogP contribution in [0.15, 0.2) is 29.4 Å². The molecule has 1 rings (SSSR count). The van der Waals surface area contributed by atoms with Gasteiger partial charge < -0.3 is 10.6 Å². The Labute approximate surface area is 165 Å². The molecule has 0 radical (unpaired) electrons. The summed E-state index contributed by atoms with van der Waals surface area (Å²) >= 11 is 0. The molecule has 0 aliphatic rings. The van der Waals surface area contributed by atoms with Gasteiger partial charge in [-0.2, -0.15) is 0 Å². The fourth-order valence-electron chi connectivity index (χ4n) is 2.21. The van der Waals surface area contributed by atoms with Crippen LogP contribution in [0.1, 0.15) is 58.3 Å². The minimum absolute atomic E-state index is 0.113. The summed E-state index contributed by atoms with van der Waals surface area (Å²) in [6, 6.07) is 5.82. The third-order valence-electron chi connectivity index (χ3n) is 3.70. The minimum Gasteiger partial charge on any atom is -0.356 e. The molecule has 0 aliphatic heterocycles. The number of carbonyl (C=O) groups is 2. The number of pyridine rings is 1. The molecule has 7 heteroatoms. The molecular weight excluding hydrogens is 366 g/mol. The normalized spacial score (nSPS) is 10.5. The van der Waals surface area contributed by atoms with Gasteiger partial charge in [0, 0.05) is 37.9 Å². The summed E-state index contributed by atoms with van der Waals surface area (Å²) in [4.78, 5) is 27.4. The molecule has 26 heavy (non-hydrogen) atoms. The molecular formula is C19H31N3O2S2. The Kier molecular flexibility index (Phi) is 14.0. The number of carbonyl (C=O) groups excluding carboxylic acids is 2. The predicted octanol–water partition coefficient (Wildman–Crippen LogP) is 4.20. The Morgan fingerprint density at radius 2 is 1.65 bits per heavy atom. The zero-order valence-corrected chi connectivity index (χ0v) is 17.3. The van der Waals surface area contributed by atoms with E-state index in [1.165, 1.54) is 0 Å². The maximum atomic E-state index is 11.8. The van der Waals surface area contributed by atoms with Gasteiger partial charge in [0.1, 0.15) is 5.03 Å². The van der Waals surface area contributed by atoms with Gasteiger partial charge in [-0.1, -0.05) is 43.0 Å². The van der Waals surface area contributed by atoms with Crippen LogP contribution < -0.4 is 10.6 Å². The van der Waals surface area contributed by atoms with Gasteiger partial charge in [-0.15, -0.1) is 0 Å². The molecule has 5 nitrogen and oxygen atoms in total. The van der Waals surface area contributed by atoms with Gasteiger partial charge in [0.15, 0.2) is 0 Å². The summed E-state index contributed by atoms with van der Waals surface area (Å²) in [5.41, 5.74) is 0. The lowest BCUT2D eigenvalue weighted by molar-refractivity contribution is -0.121. The maximum Gasteiger partial charge on any atom is 0.220 e. The first kappa shape index (κ1) is 22.8. The molecule has 0 fully saturated rings. The summed E-state index contributed by atoms with van der Waals surface area (Å²) in [6.45, 7) is 3.59. The molecule has 0 unspecified atom stereocenters. The zero-order chi connectivity index (χ0) is 18.9. The van der Waals surface area contributed by atoms with E-state index in [0.29, 0.717) is 12.8 Å². The second-order valence-electron chi connectivity index (χ2n) is 6.04. The first-order chi connectivity index (χ1) is 12.7. The average molecular weight is 398 g/mol. The monoisotopic (exact) mass is 397 g/mol. The van der Waals surface area contributed by atoms with E-state index in [9.17, 15) is 9.59 Å². The van der Waals surface area contributed by atoms with E-state index in [2.05, 4.69) is 22.5 Å². The highest BCUT2D eigenvalue weighted by molar-refractivity contribution is 8.76. The van der Waals surface area contributed by atoms with Crippen molar-refractivity contribution >= 4 is 33.4 Å². The van der Waals surface area contributed by atoms with Crippen LogP contribution in [0.4, 0.5) is 0 Å². The number of nitrogens with one attached hydrogen (secondary N) is 2. The largest absolute Gasteiger partial charge is 0.356 e. The van der Waals surface area contributed by atoms with Crippen LogP contribution in [0.5, 0.6) is 0 Å². The number of nitrogens with zero attached hydrogens (tertiary/aromatic N) is 1. The maximum absolute atomic E-state index is 11.8. The van der Waals surface area contributed by atoms with Crippen molar-refractivity contribution < 1.29 is 9.59 Å². The molecule has 0 bridgehead atoms. The van der Waals surface area contributed by atoms with Crippen molar-refractivity contribution in [3.05, 3.63) is 24.4 Å². The first-order valence-electron chi connectivity index (χ1n) is 9.46. The molecule has 1 aromatic heterocycles. The molecule has 1 aromatic rings. The van der Waals surface area contributed by atoms with Gasteiger partial charge in [-0.25, -0.2) is 4.98 Å². The Morgan fingerprint density at radius 1 is 0.962 bits per heavy atom. The first-order valence-corrected chi connectivity index (χ1v) is 11.8. The second kappa shape index (κ2) is 16.0. The Morgan fingerprint density at radius 3 is 2.27 bits per heavy atom. The highest BCUT2D eigenvalue weighted by Crippen LogP contribution is 2.29. The standard InChI is InChI=1S/C19H31N3O2S2/c1-2-3-10-17(23)20-13-7-4-5-8-14-21-18(24)12-16-25-26-19-11-6-9-15-22-19/h6,9,11,15H,2-5,7-8,10,12-14,16H2,1H3,(H,20,23)(H,21,24). The second-order valence-corrected chi connectivity index (χ2v) is 8.48. The fraction of sp³-hybridized carbons (Fsp3) is 0.632. The van der Waals surface area contributed by atoms with Crippen LogP contribution in [-0.4, -0.2) is 35.6 Å². The third-order valence-corrected chi connectivity index (χ3v) is 5.97. The summed E-state index contributed by atoms with van der Waals surface area (Å²) in [5, 5.41) is 6.89. The van der Waals surface area contributed by atoms with E-state index in [-0.39, 0.29) is 11.8 Å². The molecule has 0 atom stereocenters. The minimum atomic E-state index is 0.113. The zero-order valence-electron chi connectivity index (χ0n) is 15.7. The number of amides is 2. The van der Waals surface area contributed by atoms with Crippen LogP contribution in [0.2, 0.25) is 0 Å². The van der Waals surface area contributed by atoms with E-state index in [4.69, 9.17) is 0 Å². The van der Waals surface area contributed by atoms with Crippen LogP contribution in [0.25, 0.3) is 0 Å². The quantitative estimate of drug-likeness (QED) is 0.343. The fourth-order valence-corrected chi connectivity index (χ4v) is 4.07. The van der Waals surface area contributed by atoms with E-state index < -0.39 is 0 Å². The van der Waals surface area contributed by atoms with Crippen molar-refractivity contribution in [3.8, 4) is 0 Å². The Hall–Kier alpha value is -1.21. The summed E-state index contributed by atoms with van der Waals surface area (Å²) in [5.74, 6) is 1.06. The summed E-state index contributed by atoms with van der Waals surface area (Å²) < 4.78 is 0. The molecule has 2 N–H and O–H groups in total. The van der Waals surface area contributed by atoms with Crippen molar-refractivity contribution in [2.45, 2.75) is 63.3 Å². The van der Waals surface area contributed by atoms with Crippen LogP contribution >= 0.6 is 21.6 Å². The molecule has 0 saturated heterocycles. The number of hydrogen-bond acceptors (Lipinski definition) is 5. The lowest BCUT2D eigenvalue weighted by Crippen LogP contribution is -2.25. The summed E-state index contributed by atoms with van der Waals surface area (Å²) in [6.07, 6.45) is 9.13. The van der Waals surface area contributed by atoms with Crippen molar-refractivity contribution in [2.75, 3.05) is 18.8 Å². The number of aromatic nitrogens is 1. The van der Waals surface area contributed by atoms with E-state index >= 15 is 0 Å². The molecule has 0 aliphatic carbocycles. The average Bonchev–Trinajstić information content (AvgIpc) is 2.66. The Balaban J connectivity index is 1.85. The lowest BCUT2D eigenvalue weighted by Gasteiger charge is -2.06.